The van der Waals surface area contributed by atoms with Gasteiger partial charge in [0.1, 0.15) is 0 Å². The molecule has 0 N–H and O–H groups in total. The van der Waals surface area contributed by atoms with Crippen LogP contribution < -0.4 is 0 Å². The van der Waals surface area contributed by atoms with Crippen molar-refractivity contribution >= 4 is 12.1 Å². The highest BCUT2D eigenvalue weighted by atomic mass is 32.2. The lowest BCUT2D eigenvalue weighted by Crippen LogP contribution is -2.26. The molecule has 0 amide bonds. The second kappa shape index (κ2) is 15.5. The average molecular weight is 495 g/mol. The first-order valence-electron chi connectivity index (χ1n) is 13.8. The van der Waals surface area contributed by atoms with Gasteiger partial charge in [0, 0.05) is 43.7 Å². The highest BCUT2D eigenvalue weighted by molar-refractivity contribution is 7.94. The summed E-state index contributed by atoms with van der Waals surface area (Å²) in [7, 11) is 0. The van der Waals surface area contributed by atoms with Gasteiger partial charge in [-0.3, -0.25) is 0 Å². The van der Waals surface area contributed by atoms with Crippen molar-refractivity contribution in [2.24, 2.45) is 5.92 Å². The van der Waals surface area contributed by atoms with Crippen molar-refractivity contribution in [3.8, 4) is 0 Å². The standard InChI is InChI=1S/C30H44N2S.C2H6/c1-7-32(33-31-19-8-9-20-31)27(6)30-12-10-11-28(22-30)16-15-24(3)25(4)21-26(5)29-17-13-23(2)14-18-29;1-2/h10-14,17,22,27,29H,5,7-9,15-16,18-21H2,1-4,6H3;1-2H3/b25-24+;. The van der Waals surface area contributed by atoms with Crippen molar-refractivity contribution < 1.29 is 0 Å². The first kappa shape index (κ1) is 29.7. The van der Waals surface area contributed by atoms with E-state index < -0.39 is 0 Å². The molecule has 1 heterocycles. The fraction of sp³-hybridized carbons (Fsp3) is 0.562. The second-order valence-corrected chi connectivity index (χ2v) is 11.1. The van der Waals surface area contributed by atoms with Crippen molar-refractivity contribution in [2.75, 3.05) is 19.6 Å². The molecule has 3 heteroatoms. The molecule has 3 rings (SSSR count). The van der Waals surface area contributed by atoms with Crippen LogP contribution in [0.4, 0.5) is 0 Å². The third-order valence-corrected chi connectivity index (χ3v) is 8.66. The van der Waals surface area contributed by atoms with Crippen molar-refractivity contribution in [3.63, 3.8) is 0 Å². The SMILES string of the molecule is C=C(C/C(C)=C(\C)CCc1cccc(C(C)N(CC)SN2CCCC2)c1)C1C=CC(C)=CC1.CC. The summed E-state index contributed by atoms with van der Waals surface area (Å²) in [6, 6.07) is 9.69. The van der Waals surface area contributed by atoms with Gasteiger partial charge in [0.25, 0.3) is 0 Å². The van der Waals surface area contributed by atoms with E-state index in [1.54, 1.807) is 0 Å². The van der Waals surface area contributed by atoms with Crippen LogP contribution in [0.2, 0.25) is 0 Å². The lowest BCUT2D eigenvalue weighted by atomic mass is 9.86. The number of nitrogens with zero attached hydrogens (tertiary/aromatic N) is 2. The number of aryl methyl sites for hydroxylation is 1. The van der Waals surface area contributed by atoms with Crippen LogP contribution in [-0.4, -0.2) is 28.2 Å². The van der Waals surface area contributed by atoms with Crippen LogP contribution in [0, 0.1) is 5.92 Å². The van der Waals surface area contributed by atoms with E-state index in [4.69, 9.17) is 0 Å². The predicted octanol–water partition coefficient (Wildman–Crippen LogP) is 9.49. The molecule has 1 saturated heterocycles. The van der Waals surface area contributed by atoms with Crippen LogP contribution >= 0.6 is 12.1 Å². The van der Waals surface area contributed by atoms with Gasteiger partial charge in [-0.05, 0) is 77.3 Å². The van der Waals surface area contributed by atoms with Crippen molar-refractivity contribution in [1.29, 1.82) is 0 Å². The average Bonchev–Trinajstić information content (AvgIpc) is 3.40. The maximum Gasteiger partial charge on any atom is 0.0435 e. The number of benzene rings is 1. The first-order chi connectivity index (χ1) is 16.9. The second-order valence-electron chi connectivity index (χ2n) is 9.92. The summed E-state index contributed by atoms with van der Waals surface area (Å²) in [6.45, 7) is 23.3. The number of hydrogen-bond acceptors (Lipinski definition) is 3. The highest BCUT2D eigenvalue weighted by Gasteiger charge is 2.21. The Morgan fingerprint density at radius 1 is 1.17 bits per heavy atom. The molecule has 2 aliphatic rings. The van der Waals surface area contributed by atoms with Crippen LogP contribution in [0.3, 0.4) is 0 Å². The smallest absolute Gasteiger partial charge is 0.0435 e. The molecule has 0 saturated carbocycles. The molecule has 0 spiro atoms. The van der Waals surface area contributed by atoms with Gasteiger partial charge >= 0.3 is 0 Å². The Bertz CT molecular complexity index is 889. The molecule has 1 aliphatic carbocycles. The fourth-order valence-electron chi connectivity index (χ4n) is 4.69. The molecular formula is C32H50N2S. The number of allylic oxidation sites excluding steroid dienone is 7. The molecule has 1 aromatic rings. The molecule has 1 aromatic carbocycles. The quantitative estimate of drug-likeness (QED) is 0.223. The van der Waals surface area contributed by atoms with Crippen molar-refractivity contribution in [1.82, 2.24) is 8.61 Å². The third kappa shape index (κ3) is 9.44. The monoisotopic (exact) mass is 494 g/mol. The zero-order valence-corrected chi connectivity index (χ0v) is 24.4. The van der Waals surface area contributed by atoms with Crippen molar-refractivity contribution in [2.45, 2.75) is 93.0 Å². The zero-order valence-electron chi connectivity index (χ0n) is 23.6. The Morgan fingerprint density at radius 3 is 2.51 bits per heavy atom. The van der Waals surface area contributed by atoms with Gasteiger partial charge in [0.05, 0.1) is 0 Å². The Balaban J connectivity index is 0.00000210. The van der Waals surface area contributed by atoms with Crippen LogP contribution in [0.15, 0.2) is 71.4 Å². The van der Waals surface area contributed by atoms with Crippen LogP contribution in [0.1, 0.15) is 97.7 Å². The van der Waals surface area contributed by atoms with Gasteiger partial charge in [-0.2, -0.15) is 0 Å². The first-order valence-corrected chi connectivity index (χ1v) is 14.6. The minimum Gasteiger partial charge on any atom is -0.237 e. The largest absolute Gasteiger partial charge is 0.237 e. The van der Waals surface area contributed by atoms with Gasteiger partial charge in [0.15, 0.2) is 0 Å². The summed E-state index contributed by atoms with van der Waals surface area (Å²) in [5.74, 6) is 0.495. The fourth-order valence-corrected chi connectivity index (χ4v) is 5.79. The molecule has 2 nitrogen and oxygen atoms in total. The van der Waals surface area contributed by atoms with E-state index in [2.05, 4.69) is 92.3 Å². The van der Waals surface area contributed by atoms with Gasteiger partial charge < -0.3 is 0 Å². The zero-order chi connectivity index (χ0) is 25.8. The van der Waals surface area contributed by atoms with Crippen LogP contribution in [-0.2, 0) is 6.42 Å². The Hall–Kier alpha value is -1.55. The van der Waals surface area contributed by atoms with Crippen LogP contribution in [0.5, 0.6) is 0 Å². The summed E-state index contributed by atoms with van der Waals surface area (Å²) in [5.41, 5.74) is 8.60. The minimum atomic E-state index is 0.420. The molecular weight excluding hydrogens is 444 g/mol. The summed E-state index contributed by atoms with van der Waals surface area (Å²) >= 11 is 1.94. The predicted molar refractivity (Wildman–Crippen MR) is 158 cm³/mol. The molecule has 0 aromatic heterocycles. The molecule has 1 aliphatic heterocycles. The number of rotatable bonds is 11. The Labute approximate surface area is 221 Å². The lowest BCUT2D eigenvalue weighted by Gasteiger charge is -2.30. The number of hydrogen-bond donors (Lipinski definition) is 0. The third-order valence-electron chi connectivity index (χ3n) is 7.28. The maximum absolute atomic E-state index is 4.41. The lowest BCUT2D eigenvalue weighted by molar-refractivity contribution is 0.380. The van der Waals surface area contributed by atoms with Gasteiger partial charge in [-0.15, -0.1) is 0 Å². The van der Waals surface area contributed by atoms with Gasteiger partial charge in [-0.1, -0.05) is 92.1 Å². The molecule has 194 valence electrons. The summed E-state index contributed by atoms with van der Waals surface area (Å²) in [5, 5.41) is 0. The maximum atomic E-state index is 4.41. The molecule has 1 fully saturated rings. The Morgan fingerprint density at radius 2 is 1.89 bits per heavy atom. The molecule has 0 radical (unpaired) electrons. The van der Waals surface area contributed by atoms with E-state index >= 15 is 0 Å². The van der Waals surface area contributed by atoms with E-state index in [1.165, 1.54) is 59.4 Å². The van der Waals surface area contributed by atoms with E-state index in [0.717, 1.165) is 32.2 Å². The van der Waals surface area contributed by atoms with E-state index in [1.807, 2.05) is 26.0 Å². The summed E-state index contributed by atoms with van der Waals surface area (Å²) in [4.78, 5) is 0. The van der Waals surface area contributed by atoms with E-state index in [9.17, 15) is 0 Å². The molecule has 2 atom stereocenters. The van der Waals surface area contributed by atoms with Crippen molar-refractivity contribution in [3.05, 3.63) is 82.5 Å². The van der Waals surface area contributed by atoms with Crippen LogP contribution in [0.25, 0.3) is 0 Å². The highest BCUT2D eigenvalue weighted by Crippen LogP contribution is 2.32. The minimum absolute atomic E-state index is 0.420. The van der Waals surface area contributed by atoms with E-state index in [0.29, 0.717) is 12.0 Å². The summed E-state index contributed by atoms with van der Waals surface area (Å²) < 4.78 is 5.05. The topological polar surface area (TPSA) is 6.48 Å². The van der Waals surface area contributed by atoms with Gasteiger partial charge in [-0.25, -0.2) is 8.61 Å². The molecule has 2 unspecified atom stereocenters. The molecule has 0 bridgehead atoms. The van der Waals surface area contributed by atoms with Gasteiger partial charge in [0.2, 0.25) is 0 Å². The Kier molecular flexibility index (Phi) is 13.2. The normalized spacial score (nSPS) is 19.7. The molecule has 35 heavy (non-hydrogen) atoms. The summed E-state index contributed by atoms with van der Waals surface area (Å²) in [6.07, 6.45) is 13.9. The van der Waals surface area contributed by atoms with E-state index in [-0.39, 0.29) is 0 Å².